The summed E-state index contributed by atoms with van der Waals surface area (Å²) in [6.45, 7) is 0. The molecule has 0 amide bonds. The molecule has 8 heteroatoms. The second-order valence-corrected chi connectivity index (χ2v) is 9.25. The van der Waals surface area contributed by atoms with E-state index < -0.39 is 5.56 Å². The number of aromatic nitrogens is 2. The van der Waals surface area contributed by atoms with Crippen molar-refractivity contribution in [3.63, 3.8) is 0 Å². The van der Waals surface area contributed by atoms with Crippen LogP contribution in [0.2, 0.25) is 15.1 Å². The van der Waals surface area contributed by atoms with E-state index in [4.69, 9.17) is 51.1 Å². The Morgan fingerprint density at radius 3 is 2.31 bits per heavy atom. The molecule has 1 heterocycles. The summed E-state index contributed by atoms with van der Waals surface area (Å²) in [4.78, 5) is 10.1. The lowest BCUT2D eigenvalue weighted by Gasteiger charge is -2.16. The van der Waals surface area contributed by atoms with Crippen LogP contribution in [-0.4, -0.2) is 16.2 Å². The third-order valence-corrected chi connectivity index (χ3v) is 6.67. The van der Waals surface area contributed by atoms with Crippen LogP contribution >= 0.6 is 58.2 Å². The number of hydrogen-bond donors (Lipinski definition) is 0. The Morgan fingerprint density at radius 1 is 0.875 bits per heavy atom. The van der Waals surface area contributed by atoms with Gasteiger partial charge in [0.1, 0.15) is 0 Å². The van der Waals surface area contributed by atoms with Gasteiger partial charge >= 0.3 is 6.01 Å². The molecule has 32 heavy (non-hydrogen) atoms. The van der Waals surface area contributed by atoms with Gasteiger partial charge in [-0.1, -0.05) is 82.8 Å². The first kappa shape index (κ1) is 23.2. The van der Waals surface area contributed by atoms with Gasteiger partial charge < -0.3 is 4.74 Å². The summed E-state index contributed by atoms with van der Waals surface area (Å²) in [5.74, 6) is 0. The fraction of sp³-hybridized carbons (Fsp3) is 0.0833. The zero-order chi connectivity index (χ0) is 22.7. The van der Waals surface area contributed by atoms with E-state index in [0.717, 1.165) is 21.6 Å². The molecule has 162 valence electrons. The van der Waals surface area contributed by atoms with E-state index in [1.54, 1.807) is 30.1 Å². The highest BCUT2D eigenvalue weighted by molar-refractivity contribution is 7.98. The van der Waals surface area contributed by atoms with Crippen LogP contribution in [0.15, 0.2) is 77.8 Å². The second-order valence-electron chi connectivity index (χ2n) is 6.72. The van der Waals surface area contributed by atoms with Crippen molar-refractivity contribution in [1.82, 2.24) is 9.97 Å². The van der Waals surface area contributed by atoms with Gasteiger partial charge in [-0.05, 0) is 42.2 Å². The fourth-order valence-corrected chi connectivity index (χ4v) is 4.56. The van der Waals surface area contributed by atoms with Gasteiger partial charge in [0.15, 0.2) is 0 Å². The Kier molecular flexibility index (Phi) is 7.49. The Hall–Kier alpha value is -1.95. The zero-order valence-electron chi connectivity index (χ0n) is 16.7. The number of nitrogens with zero attached hydrogens (tertiary/aromatic N) is 2. The molecule has 1 aromatic heterocycles. The first-order valence-electron chi connectivity index (χ1n) is 9.48. The Bertz CT molecular complexity index is 1250. The van der Waals surface area contributed by atoms with Gasteiger partial charge in [-0.2, -0.15) is 4.98 Å². The Balaban J connectivity index is 1.79. The van der Waals surface area contributed by atoms with E-state index in [-0.39, 0.29) is 6.01 Å². The number of halogens is 4. The molecule has 1 atom stereocenters. The van der Waals surface area contributed by atoms with Crippen molar-refractivity contribution in [3.05, 3.63) is 93.6 Å². The number of ether oxygens (including phenoxy) is 1. The number of benzene rings is 3. The molecular weight excluding hydrogens is 506 g/mol. The first-order valence-corrected chi connectivity index (χ1v) is 12.3. The molecule has 0 saturated heterocycles. The second kappa shape index (κ2) is 10.3. The summed E-state index contributed by atoms with van der Waals surface area (Å²) in [5, 5.41) is 1.72. The Morgan fingerprint density at radius 2 is 1.62 bits per heavy atom. The number of alkyl halides is 1. The summed E-state index contributed by atoms with van der Waals surface area (Å²) >= 11 is 27.0. The molecule has 4 aromatic rings. The molecule has 0 aliphatic carbocycles. The minimum atomic E-state index is -0.854. The molecule has 0 aliphatic rings. The molecule has 0 radical (unpaired) electrons. The van der Waals surface area contributed by atoms with Crippen molar-refractivity contribution >= 4 is 58.2 Å². The molecule has 0 saturated carbocycles. The van der Waals surface area contributed by atoms with Crippen LogP contribution < -0.4 is 4.74 Å². The van der Waals surface area contributed by atoms with Crippen LogP contribution in [-0.2, 0) is 0 Å². The van der Waals surface area contributed by atoms with Crippen LogP contribution in [0.25, 0.3) is 22.4 Å². The number of hydrogen-bond acceptors (Lipinski definition) is 4. The van der Waals surface area contributed by atoms with Crippen molar-refractivity contribution in [3.8, 4) is 28.4 Å². The van der Waals surface area contributed by atoms with Crippen molar-refractivity contribution < 1.29 is 4.74 Å². The van der Waals surface area contributed by atoms with Crippen LogP contribution in [0.5, 0.6) is 6.01 Å². The quantitative estimate of drug-likeness (QED) is 0.187. The largest absolute Gasteiger partial charge is 0.439 e. The molecule has 0 N–H and O–H groups in total. The van der Waals surface area contributed by atoms with Crippen LogP contribution in [0.4, 0.5) is 0 Å². The van der Waals surface area contributed by atoms with Gasteiger partial charge in [-0.25, -0.2) is 4.98 Å². The number of thioether (sulfide) groups is 1. The van der Waals surface area contributed by atoms with Gasteiger partial charge in [-0.15, -0.1) is 11.8 Å². The maximum Gasteiger partial charge on any atom is 0.318 e. The zero-order valence-corrected chi connectivity index (χ0v) is 20.6. The SMILES string of the molecule is CSc1ccc(-c2nc(OC(Cl)c3ccccc3Cl)ncc2-c2ccc(Cl)cc2)c(Cl)c1. The Labute approximate surface area is 210 Å². The van der Waals surface area contributed by atoms with E-state index in [2.05, 4.69) is 9.97 Å². The lowest BCUT2D eigenvalue weighted by atomic mass is 10.0. The average Bonchev–Trinajstić information content (AvgIpc) is 2.80. The smallest absolute Gasteiger partial charge is 0.318 e. The highest BCUT2D eigenvalue weighted by Gasteiger charge is 2.19. The van der Waals surface area contributed by atoms with E-state index >= 15 is 0 Å². The normalized spacial score (nSPS) is 11.9. The van der Waals surface area contributed by atoms with Crippen LogP contribution in [0.3, 0.4) is 0 Å². The van der Waals surface area contributed by atoms with Gasteiger partial charge in [0, 0.05) is 37.8 Å². The molecule has 3 aromatic carbocycles. The molecule has 0 fully saturated rings. The topological polar surface area (TPSA) is 35.0 Å². The summed E-state index contributed by atoms with van der Waals surface area (Å²) in [6.07, 6.45) is 3.69. The monoisotopic (exact) mass is 520 g/mol. The van der Waals surface area contributed by atoms with Crippen molar-refractivity contribution in [2.24, 2.45) is 0 Å². The predicted octanol–water partition coefficient (Wildman–Crippen LogP) is 8.81. The molecular formula is C24H16Cl4N2OS. The van der Waals surface area contributed by atoms with Crippen molar-refractivity contribution in [2.75, 3.05) is 6.26 Å². The minimum Gasteiger partial charge on any atom is -0.439 e. The maximum atomic E-state index is 6.62. The molecule has 4 rings (SSSR count). The van der Waals surface area contributed by atoms with Gasteiger partial charge in [-0.3, -0.25) is 0 Å². The van der Waals surface area contributed by atoms with E-state index in [1.165, 1.54) is 0 Å². The van der Waals surface area contributed by atoms with Crippen molar-refractivity contribution in [1.29, 1.82) is 0 Å². The van der Waals surface area contributed by atoms with E-state index in [9.17, 15) is 0 Å². The molecule has 0 aliphatic heterocycles. The van der Waals surface area contributed by atoms with E-state index in [0.29, 0.717) is 26.3 Å². The first-order chi connectivity index (χ1) is 15.5. The fourth-order valence-electron chi connectivity index (χ4n) is 3.10. The van der Waals surface area contributed by atoms with Gasteiger partial charge in [0.25, 0.3) is 0 Å². The third-order valence-electron chi connectivity index (χ3n) is 4.71. The maximum absolute atomic E-state index is 6.62. The molecule has 0 spiro atoms. The number of rotatable bonds is 6. The van der Waals surface area contributed by atoms with Gasteiger partial charge in [0.05, 0.1) is 10.7 Å². The van der Waals surface area contributed by atoms with Crippen LogP contribution in [0.1, 0.15) is 11.1 Å². The van der Waals surface area contributed by atoms with Crippen molar-refractivity contribution in [2.45, 2.75) is 10.5 Å². The van der Waals surface area contributed by atoms with Crippen LogP contribution in [0, 0.1) is 0 Å². The summed E-state index contributed by atoms with van der Waals surface area (Å²) in [7, 11) is 0. The molecule has 1 unspecified atom stereocenters. The van der Waals surface area contributed by atoms with E-state index in [1.807, 2.05) is 60.9 Å². The highest BCUT2D eigenvalue weighted by atomic mass is 35.5. The van der Waals surface area contributed by atoms with Gasteiger partial charge in [0.2, 0.25) is 5.56 Å². The summed E-state index contributed by atoms with van der Waals surface area (Å²) in [5.41, 5.74) is 2.84. The highest BCUT2D eigenvalue weighted by Crippen LogP contribution is 2.38. The predicted molar refractivity (Wildman–Crippen MR) is 135 cm³/mol. The third kappa shape index (κ3) is 5.16. The molecule has 3 nitrogen and oxygen atoms in total. The molecule has 0 bridgehead atoms. The lowest BCUT2D eigenvalue weighted by molar-refractivity contribution is 0.264. The average molecular weight is 522 g/mol. The minimum absolute atomic E-state index is 0.114. The summed E-state index contributed by atoms with van der Waals surface area (Å²) < 4.78 is 5.83. The standard InChI is InChI=1S/C24H16Cl4N2OS/c1-32-16-10-11-17(21(27)12-16)22-19(14-6-8-15(25)9-7-14)13-29-24(30-22)31-23(28)18-4-2-3-5-20(18)26/h2-13,23H,1H3. The lowest BCUT2D eigenvalue weighted by Crippen LogP contribution is -2.05. The summed E-state index contributed by atoms with van der Waals surface area (Å²) in [6, 6.07) is 20.6.